The Morgan fingerprint density at radius 1 is 1.43 bits per heavy atom. The van der Waals surface area contributed by atoms with E-state index in [9.17, 15) is 4.79 Å². The quantitative estimate of drug-likeness (QED) is 0.709. The van der Waals surface area contributed by atoms with E-state index in [4.69, 9.17) is 10.00 Å². The van der Waals surface area contributed by atoms with E-state index < -0.39 is 0 Å². The maximum atomic E-state index is 12.2. The summed E-state index contributed by atoms with van der Waals surface area (Å²) >= 11 is 0. The molecule has 0 N–H and O–H groups in total. The highest BCUT2D eigenvalue weighted by Gasteiger charge is 2.09. The number of rotatable bonds is 3. The van der Waals surface area contributed by atoms with Crippen LogP contribution in [0.4, 0.5) is 0 Å². The lowest BCUT2D eigenvalue weighted by atomic mass is 10.1. The molecule has 2 heterocycles. The molecule has 7 nitrogen and oxygen atoms in total. The number of fused-ring (bicyclic) bond motifs is 1. The van der Waals surface area contributed by atoms with Gasteiger partial charge in [-0.05, 0) is 17.7 Å². The Morgan fingerprint density at radius 3 is 3.00 bits per heavy atom. The number of hydrogen-bond donors (Lipinski definition) is 0. The van der Waals surface area contributed by atoms with Crippen molar-refractivity contribution in [3.63, 3.8) is 0 Å². The van der Waals surface area contributed by atoms with Crippen molar-refractivity contribution in [3.05, 3.63) is 58.4 Å². The van der Waals surface area contributed by atoms with Crippen molar-refractivity contribution in [1.82, 2.24) is 19.2 Å². The van der Waals surface area contributed by atoms with Gasteiger partial charge in [0, 0.05) is 12.4 Å². The van der Waals surface area contributed by atoms with E-state index in [1.807, 2.05) is 6.07 Å². The summed E-state index contributed by atoms with van der Waals surface area (Å²) in [5.74, 6) is 0.480. The molecule has 0 saturated heterocycles. The van der Waals surface area contributed by atoms with Crippen LogP contribution >= 0.6 is 0 Å². The maximum Gasteiger partial charge on any atom is 0.350 e. The minimum atomic E-state index is -0.240. The second kappa shape index (κ2) is 5.09. The van der Waals surface area contributed by atoms with Crippen LogP contribution < -0.4 is 10.4 Å². The number of benzene rings is 1. The van der Waals surface area contributed by atoms with Crippen LogP contribution in [0.3, 0.4) is 0 Å². The molecule has 21 heavy (non-hydrogen) atoms. The summed E-state index contributed by atoms with van der Waals surface area (Å²) in [5, 5.41) is 13.2. The molecule has 104 valence electrons. The van der Waals surface area contributed by atoms with Gasteiger partial charge in [0.1, 0.15) is 11.8 Å². The largest absolute Gasteiger partial charge is 0.495 e. The van der Waals surface area contributed by atoms with Gasteiger partial charge in [0.2, 0.25) is 0 Å². The standard InChI is InChI=1S/C14H11N5O2/c1-21-12-6-10(2-3-11(12)7-15)9-19-14(20)18-5-4-16-8-13(18)17-19/h2-6,8H,9H2,1H3. The van der Waals surface area contributed by atoms with Gasteiger partial charge in [0.15, 0.2) is 5.65 Å². The zero-order valence-corrected chi connectivity index (χ0v) is 11.2. The molecule has 3 aromatic rings. The van der Waals surface area contributed by atoms with E-state index in [2.05, 4.69) is 10.1 Å². The van der Waals surface area contributed by atoms with Crippen LogP contribution in [0.1, 0.15) is 11.1 Å². The summed E-state index contributed by atoms with van der Waals surface area (Å²) < 4.78 is 7.93. The maximum absolute atomic E-state index is 12.2. The van der Waals surface area contributed by atoms with Gasteiger partial charge in [-0.3, -0.25) is 4.98 Å². The highest BCUT2D eigenvalue weighted by molar-refractivity contribution is 5.45. The number of nitriles is 1. The molecule has 0 amide bonds. The van der Waals surface area contributed by atoms with Gasteiger partial charge in [0.25, 0.3) is 0 Å². The van der Waals surface area contributed by atoms with Gasteiger partial charge in [0.05, 0.1) is 25.4 Å². The molecule has 0 spiro atoms. The average molecular weight is 281 g/mol. The molecule has 1 aromatic carbocycles. The first-order valence-electron chi connectivity index (χ1n) is 6.19. The lowest BCUT2D eigenvalue weighted by Crippen LogP contribution is -2.21. The van der Waals surface area contributed by atoms with Crippen molar-refractivity contribution < 1.29 is 4.74 Å². The van der Waals surface area contributed by atoms with Crippen molar-refractivity contribution in [2.45, 2.75) is 6.54 Å². The van der Waals surface area contributed by atoms with Gasteiger partial charge in [-0.2, -0.15) is 5.26 Å². The average Bonchev–Trinajstić information content (AvgIpc) is 2.84. The molecule has 7 heteroatoms. The Hall–Kier alpha value is -3.14. The molecule has 0 aliphatic heterocycles. The second-order valence-corrected chi connectivity index (χ2v) is 4.39. The van der Waals surface area contributed by atoms with Crippen LogP contribution in [0.25, 0.3) is 5.65 Å². The Labute approximate surface area is 119 Å². The first-order valence-corrected chi connectivity index (χ1v) is 6.19. The van der Waals surface area contributed by atoms with E-state index in [0.717, 1.165) is 5.56 Å². The zero-order chi connectivity index (χ0) is 14.8. The SMILES string of the molecule is COc1cc(Cn2nc3cnccn3c2=O)ccc1C#N. The summed E-state index contributed by atoms with van der Waals surface area (Å²) in [5.41, 5.74) is 1.52. The van der Waals surface area contributed by atoms with Crippen molar-refractivity contribution in [2.75, 3.05) is 7.11 Å². The molecule has 0 atom stereocenters. The van der Waals surface area contributed by atoms with Crippen LogP contribution in [0, 0.1) is 11.3 Å². The zero-order valence-electron chi connectivity index (χ0n) is 11.2. The summed E-state index contributed by atoms with van der Waals surface area (Å²) in [6.45, 7) is 0.294. The number of aromatic nitrogens is 4. The Balaban J connectivity index is 2.01. The number of hydrogen-bond acceptors (Lipinski definition) is 5. The third-order valence-electron chi connectivity index (χ3n) is 3.11. The predicted octanol–water partition coefficient (Wildman–Crippen LogP) is 0.820. The van der Waals surface area contributed by atoms with Crippen molar-refractivity contribution in [2.24, 2.45) is 0 Å². The van der Waals surface area contributed by atoms with Gasteiger partial charge in [-0.25, -0.2) is 13.9 Å². The van der Waals surface area contributed by atoms with E-state index in [-0.39, 0.29) is 5.69 Å². The van der Waals surface area contributed by atoms with Gasteiger partial charge in [-0.1, -0.05) is 6.07 Å². The third kappa shape index (κ3) is 2.23. The molecule has 0 saturated carbocycles. The van der Waals surface area contributed by atoms with Crippen molar-refractivity contribution in [1.29, 1.82) is 5.26 Å². The van der Waals surface area contributed by atoms with E-state index >= 15 is 0 Å². The summed E-state index contributed by atoms with van der Waals surface area (Å²) in [7, 11) is 1.50. The molecule has 2 aromatic heterocycles. The summed E-state index contributed by atoms with van der Waals surface area (Å²) in [6.07, 6.45) is 4.63. The van der Waals surface area contributed by atoms with Crippen LogP contribution in [0.2, 0.25) is 0 Å². The predicted molar refractivity (Wildman–Crippen MR) is 74.1 cm³/mol. The van der Waals surface area contributed by atoms with Crippen LogP contribution in [0.15, 0.2) is 41.6 Å². The van der Waals surface area contributed by atoms with Crippen LogP contribution in [-0.4, -0.2) is 26.3 Å². The molecule has 0 unspecified atom stereocenters. The van der Waals surface area contributed by atoms with Gasteiger partial charge < -0.3 is 4.74 Å². The minimum Gasteiger partial charge on any atom is -0.495 e. The Bertz CT molecular complexity index is 904. The lowest BCUT2D eigenvalue weighted by Gasteiger charge is -2.05. The summed E-state index contributed by atoms with van der Waals surface area (Å²) in [4.78, 5) is 16.1. The van der Waals surface area contributed by atoms with Crippen molar-refractivity contribution >= 4 is 5.65 Å². The van der Waals surface area contributed by atoms with E-state index in [0.29, 0.717) is 23.5 Å². The van der Waals surface area contributed by atoms with Crippen LogP contribution in [0.5, 0.6) is 5.75 Å². The van der Waals surface area contributed by atoms with Crippen LogP contribution in [-0.2, 0) is 6.54 Å². The smallest absolute Gasteiger partial charge is 0.350 e. The number of methoxy groups -OCH3 is 1. The molecule has 0 aliphatic carbocycles. The molecular weight excluding hydrogens is 270 g/mol. The summed E-state index contributed by atoms with van der Waals surface area (Å²) in [6, 6.07) is 7.22. The Morgan fingerprint density at radius 2 is 2.29 bits per heavy atom. The molecule has 0 fully saturated rings. The molecule has 0 radical (unpaired) electrons. The number of nitrogens with zero attached hydrogens (tertiary/aromatic N) is 5. The second-order valence-electron chi connectivity index (χ2n) is 4.39. The third-order valence-corrected chi connectivity index (χ3v) is 3.11. The highest BCUT2D eigenvalue weighted by Crippen LogP contribution is 2.19. The first kappa shape index (κ1) is 12.9. The molecule has 0 aliphatic rings. The van der Waals surface area contributed by atoms with E-state index in [1.165, 1.54) is 28.6 Å². The topological polar surface area (TPSA) is 85.2 Å². The molecule has 3 rings (SSSR count). The first-order chi connectivity index (χ1) is 10.2. The lowest BCUT2D eigenvalue weighted by molar-refractivity contribution is 0.412. The fourth-order valence-electron chi connectivity index (χ4n) is 2.08. The number of ether oxygens (including phenoxy) is 1. The van der Waals surface area contributed by atoms with Crippen molar-refractivity contribution in [3.8, 4) is 11.8 Å². The minimum absolute atomic E-state index is 0.240. The van der Waals surface area contributed by atoms with Gasteiger partial charge >= 0.3 is 5.69 Å². The van der Waals surface area contributed by atoms with E-state index in [1.54, 1.807) is 24.4 Å². The fraction of sp³-hybridized carbons (Fsp3) is 0.143. The fourth-order valence-corrected chi connectivity index (χ4v) is 2.08. The normalized spacial score (nSPS) is 10.5. The van der Waals surface area contributed by atoms with Gasteiger partial charge in [-0.15, -0.1) is 5.10 Å². The highest BCUT2D eigenvalue weighted by atomic mass is 16.5. The molecular formula is C14H11N5O2. The Kier molecular flexibility index (Phi) is 3.12. The monoisotopic (exact) mass is 281 g/mol. The molecule has 0 bridgehead atoms.